The Morgan fingerprint density at radius 3 is 2.00 bits per heavy atom. The smallest absolute Gasteiger partial charge is 0.256 e. The van der Waals surface area contributed by atoms with Gasteiger partial charge >= 0.3 is 0 Å². The minimum atomic E-state index is -2.57. The van der Waals surface area contributed by atoms with Crippen LogP contribution in [0.2, 0.25) is 0 Å². The maximum absolute atomic E-state index is 12.0. The number of hydrogen-bond acceptors (Lipinski definition) is 1. The molecule has 8 heavy (non-hydrogen) atoms. The first-order valence-corrected chi connectivity index (χ1v) is 2.59. The lowest BCUT2D eigenvalue weighted by Gasteiger charge is -1.87. The van der Waals surface area contributed by atoms with Crippen LogP contribution in [0.4, 0.5) is 8.78 Å². The molecule has 2 atom stereocenters. The lowest BCUT2D eigenvalue weighted by Crippen LogP contribution is -1.96. The van der Waals surface area contributed by atoms with E-state index in [2.05, 4.69) is 0 Å². The number of aliphatic hydroxyl groups excluding tert-OH is 1. The van der Waals surface area contributed by atoms with Gasteiger partial charge < -0.3 is 5.11 Å². The molecule has 0 radical (unpaired) electrons. The minimum absolute atomic E-state index is 0.381. The van der Waals surface area contributed by atoms with E-state index in [1.54, 1.807) is 0 Å². The van der Waals surface area contributed by atoms with E-state index in [9.17, 15) is 8.78 Å². The second-order valence-electron chi connectivity index (χ2n) is 2.25. The fraction of sp³-hybridized carbons (Fsp3) is 1.00. The van der Waals surface area contributed by atoms with Gasteiger partial charge in [-0.25, -0.2) is 8.78 Å². The van der Waals surface area contributed by atoms with Gasteiger partial charge in [-0.2, -0.15) is 0 Å². The van der Waals surface area contributed by atoms with Crippen molar-refractivity contribution in [2.75, 3.05) is 6.61 Å². The van der Waals surface area contributed by atoms with Gasteiger partial charge in [0.05, 0.1) is 12.5 Å². The van der Waals surface area contributed by atoms with E-state index >= 15 is 0 Å². The Kier molecular flexibility index (Phi) is 1.05. The average molecular weight is 122 g/mol. The maximum Gasteiger partial charge on any atom is 0.256 e. The number of rotatable bonds is 1. The molecule has 1 aliphatic rings. The Labute approximate surface area is 46.3 Å². The SMILES string of the molecule is C[C@H]1[C@@H](CO)C1(F)F. The van der Waals surface area contributed by atoms with E-state index in [0.717, 1.165) is 0 Å². The molecule has 0 aromatic rings. The number of aliphatic hydroxyl groups is 1. The quantitative estimate of drug-likeness (QED) is 0.547. The van der Waals surface area contributed by atoms with Gasteiger partial charge in [0, 0.05) is 5.92 Å². The highest BCUT2D eigenvalue weighted by molar-refractivity contribution is 5.01. The Balaban J connectivity index is 2.45. The first kappa shape index (κ1) is 5.95. The summed E-state index contributed by atoms with van der Waals surface area (Å²) in [6, 6.07) is 0. The normalized spacial score (nSPS) is 42.0. The van der Waals surface area contributed by atoms with Crippen molar-refractivity contribution in [1.82, 2.24) is 0 Å². The van der Waals surface area contributed by atoms with Crippen LogP contribution < -0.4 is 0 Å². The van der Waals surface area contributed by atoms with Gasteiger partial charge in [-0.05, 0) is 0 Å². The van der Waals surface area contributed by atoms with Crippen LogP contribution in [-0.2, 0) is 0 Å². The van der Waals surface area contributed by atoms with Crippen molar-refractivity contribution in [1.29, 1.82) is 0 Å². The number of alkyl halides is 2. The monoisotopic (exact) mass is 122 g/mol. The molecular formula is C5H8F2O. The predicted octanol–water partition coefficient (Wildman–Crippen LogP) is 0.880. The van der Waals surface area contributed by atoms with E-state index in [-0.39, 0.29) is 6.61 Å². The van der Waals surface area contributed by atoms with Gasteiger partial charge in [-0.3, -0.25) is 0 Å². The zero-order chi connectivity index (χ0) is 6.36. The molecular weight excluding hydrogens is 114 g/mol. The second-order valence-corrected chi connectivity index (χ2v) is 2.25. The molecule has 3 heteroatoms. The van der Waals surface area contributed by atoms with Crippen molar-refractivity contribution in [3.05, 3.63) is 0 Å². The molecule has 1 nitrogen and oxygen atoms in total. The van der Waals surface area contributed by atoms with E-state index in [1.165, 1.54) is 6.92 Å². The van der Waals surface area contributed by atoms with Gasteiger partial charge in [-0.15, -0.1) is 0 Å². The molecule has 1 N–H and O–H groups in total. The van der Waals surface area contributed by atoms with Crippen molar-refractivity contribution >= 4 is 0 Å². The Morgan fingerprint density at radius 1 is 1.62 bits per heavy atom. The highest BCUT2D eigenvalue weighted by Crippen LogP contribution is 2.54. The summed E-state index contributed by atoms with van der Waals surface area (Å²) >= 11 is 0. The van der Waals surface area contributed by atoms with Gasteiger partial charge in [0.2, 0.25) is 0 Å². The van der Waals surface area contributed by atoms with Crippen LogP contribution in [0.3, 0.4) is 0 Å². The molecule has 0 saturated heterocycles. The molecule has 0 bridgehead atoms. The van der Waals surface area contributed by atoms with Gasteiger partial charge in [0.25, 0.3) is 5.92 Å². The highest BCUT2D eigenvalue weighted by atomic mass is 19.3. The van der Waals surface area contributed by atoms with E-state index in [4.69, 9.17) is 5.11 Å². The molecule has 0 aliphatic heterocycles. The second kappa shape index (κ2) is 1.41. The maximum atomic E-state index is 12.0. The summed E-state index contributed by atoms with van der Waals surface area (Å²) in [7, 11) is 0. The fourth-order valence-corrected chi connectivity index (χ4v) is 0.840. The third kappa shape index (κ3) is 0.540. The van der Waals surface area contributed by atoms with Crippen molar-refractivity contribution in [2.24, 2.45) is 11.8 Å². The summed E-state index contributed by atoms with van der Waals surface area (Å²) in [5.74, 6) is -3.94. The Bertz CT molecular complexity index is 103. The fourth-order valence-electron chi connectivity index (χ4n) is 0.840. The molecule has 1 aliphatic carbocycles. The number of hydrogen-bond donors (Lipinski definition) is 1. The van der Waals surface area contributed by atoms with Crippen molar-refractivity contribution in [3.63, 3.8) is 0 Å². The zero-order valence-electron chi connectivity index (χ0n) is 4.56. The summed E-state index contributed by atoms with van der Waals surface area (Å²) < 4.78 is 24.1. The summed E-state index contributed by atoms with van der Waals surface area (Å²) in [5, 5.41) is 8.23. The molecule has 0 aromatic carbocycles. The van der Waals surface area contributed by atoms with E-state index < -0.39 is 17.8 Å². The molecule has 1 saturated carbocycles. The molecule has 48 valence electrons. The van der Waals surface area contributed by atoms with Crippen molar-refractivity contribution in [2.45, 2.75) is 12.8 Å². The average Bonchev–Trinajstić information content (AvgIpc) is 2.09. The first-order chi connectivity index (χ1) is 3.60. The molecule has 0 spiro atoms. The molecule has 0 amide bonds. The minimum Gasteiger partial charge on any atom is -0.396 e. The summed E-state index contributed by atoms with van der Waals surface area (Å²) in [6.07, 6.45) is 0. The third-order valence-electron chi connectivity index (χ3n) is 1.79. The lowest BCUT2D eigenvalue weighted by molar-refractivity contribution is 0.0739. The topological polar surface area (TPSA) is 20.2 Å². The summed E-state index contributed by atoms with van der Waals surface area (Å²) in [5.41, 5.74) is 0. The molecule has 1 fully saturated rings. The van der Waals surface area contributed by atoms with Crippen LogP contribution in [0.15, 0.2) is 0 Å². The molecule has 0 unspecified atom stereocenters. The van der Waals surface area contributed by atoms with Crippen LogP contribution in [0.5, 0.6) is 0 Å². The van der Waals surface area contributed by atoms with E-state index in [0.29, 0.717) is 0 Å². The molecule has 1 rings (SSSR count). The first-order valence-electron chi connectivity index (χ1n) is 2.59. The zero-order valence-corrected chi connectivity index (χ0v) is 4.56. The standard InChI is InChI=1S/C5H8F2O/c1-3-4(2-8)5(3,6)7/h3-4,8H,2H2,1H3/t3-,4+/m0/s1. The summed E-state index contributed by atoms with van der Waals surface area (Å²) in [4.78, 5) is 0. The number of halogens is 2. The largest absolute Gasteiger partial charge is 0.396 e. The summed E-state index contributed by atoms with van der Waals surface area (Å²) in [6.45, 7) is 1.06. The van der Waals surface area contributed by atoms with Crippen molar-refractivity contribution in [3.8, 4) is 0 Å². The van der Waals surface area contributed by atoms with Crippen LogP contribution in [0, 0.1) is 11.8 Å². The van der Waals surface area contributed by atoms with Gasteiger partial charge in [0.15, 0.2) is 0 Å². The molecule has 0 aromatic heterocycles. The van der Waals surface area contributed by atoms with Crippen LogP contribution in [0.25, 0.3) is 0 Å². The lowest BCUT2D eigenvalue weighted by atomic mass is 10.4. The van der Waals surface area contributed by atoms with E-state index in [1.807, 2.05) is 0 Å². The van der Waals surface area contributed by atoms with Crippen LogP contribution in [-0.4, -0.2) is 17.6 Å². The van der Waals surface area contributed by atoms with Gasteiger partial charge in [-0.1, -0.05) is 6.92 Å². The third-order valence-corrected chi connectivity index (χ3v) is 1.79. The van der Waals surface area contributed by atoms with Crippen molar-refractivity contribution < 1.29 is 13.9 Å². The highest BCUT2D eigenvalue weighted by Gasteiger charge is 2.64. The molecule has 0 heterocycles. The predicted molar refractivity (Wildman–Crippen MR) is 24.7 cm³/mol. The van der Waals surface area contributed by atoms with Crippen LogP contribution in [0.1, 0.15) is 6.92 Å². The van der Waals surface area contributed by atoms with Crippen LogP contribution >= 0.6 is 0 Å². The van der Waals surface area contributed by atoms with Gasteiger partial charge in [0.1, 0.15) is 0 Å². The Morgan fingerprint density at radius 2 is 2.00 bits per heavy atom. The Hall–Kier alpha value is -0.180.